The van der Waals surface area contributed by atoms with Crippen LogP contribution >= 0.6 is 0 Å². The lowest BCUT2D eigenvalue weighted by Crippen LogP contribution is -2.66. The van der Waals surface area contributed by atoms with Gasteiger partial charge in [-0.05, 0) is 76.3 Å². The van der Waals surface area contributed by atoms with Crippen LogP contribution in [0, 0.1) is 17.8 Å². The van der Waals surface area contributed by atoms with Gasteiger partial charge in [0.05, 0.1) is 0 Å². The van der Waals surface area contributed by atoms with E-state index in [1.807, 2.05) is 0 Å². The Labute approximate surface area is 164 Å². The number of likely N-dealkylation sites (tertiary alicyclic amines) is 1. The summed E-state index contributed by atoms with van der Waals surface area (Å²) in [7, 11) is 1.71. The second-order valence-electron chi connectivity index (χ2n) is 9.34. The molecule has 5 nitrogen and oxygen atoms in total. The summed E-state index contributed by atoms with van der Waals surface area (Å²) in [5, 5.41) is 2.74. The summed E-state index contributed by atoms with van der Waals surface area (Å²) >= 11 is 0. The van der Waals surface area contributed by atoms with Crippen LogP contribution in [0.2, 0.25) is 0 Å². The Morgan fingerprint density at radius 1 is 1.00 bits per heavy atom. The number of hydrogen-bond acceptors (Lipinski definition) is 3. The Bertz CT molecular complexity index is 544. The lowest BCUT2D eigenvalue weighted by atomic mass is 9.68. The highest BCUT2D eigenvalue weighted by Gasteiger charge is 2.50. The average molecular weight is 376 g/mol. The third kappa shape index (κ3) is 3.90. The molecule has 5 heteroatoms. The molecule has 0 aromatic carbocycles. The zero-order valence-electron chi connectivity index (χ0n) is 17.0. The van der Waals surface area contributed by atoms with Gasteiger partial charge in [0.15, 0.2) is 0 Å². The molecule has 4 rings (SSSR count). The Balaban J connectivity index is 1.53. The van der Waals surface area contributed by atoms with Crippen LogP contribution in [0.5, 0.6) is 0 Å². The molecule has 27 heavy (non-hydrogen) atoms. The van der Waals surface area contributed by atoms with Gasteiger partial charge in [0.1, 0.15) is 0 Å². The molecule has 152 valence electrons. The van der Waals surface area contributed by atoms with Crippen LogP contribution in [0.15, 0.2) is 0 Å². The third-order valence-corrected chi connectivity index (χ3v) is 7.84. The van der Waals surface area contributed by atoms with E-state index in [1.165, 1.54) is 51.6 Å². The molecular formula is C22H37N3O2. The summed E-state index contributed by atoms with van der Waals surface area (Å²) in [5.41, 5.74) is 0. The van der Waals surface area contributed by atoms with Gasteiger partial charge < -0.3 is 10.2 Å². The van der Waals surface area contributed by atoms with Crippen molar-refractivity contribution in [1.29, 1.82) is 0 Å². The third-order valence-electron chi connectivity index (χ3n) is 7.84. The Morgan fingerprint density at radius 2 is 1.74 bits per heavy atom. The van der Waals surface area contributed by atoms with Crippen LogP contribution < -0.4 is 5.32 Å². The predicted molar refractivity (Wildman–Crippen MR) is 106 cm³/mol. The maximum Gasteiger partial charge on any atom is 0.225 e. The van der Waals surface area contributed by atoms with E-state index >= 15 is 0 Å². The average Bonchev–Trinajstić information content (AvgIpc) is 3.23. The van der Waals surface area contributed by atoms with Crippen molar-refractivity contribution in [3.8, 4) is 0 Å². The van der Waals surface area contributed by atoms with Crippen molar-refractivity contribution in [1.82, 2.24) is 15.1 Å². The van der Waals surface area contributed by atoms with Gasteiger partial charge in [-0.1, -0.05) is 12.8 Å². The first-order chi connectivity index (χ1) is 13.2. The van der Waals surface area contributed by atoms with E-state index in [0.29, 0.717) is 36.2 Å². The second-order valence-corrected chi connectivity index (χ2v) is 9.34. The molecular weight excluding hydrogens is 338 g/mol. The lowest BCUT2D eigenvalue weighted by Gasteiger charge is -2.58. The highest BCUT2D eigenvalue weighted by atomic mass is 16.2. The number of hydrogen-bond donors (Lipinski definition) is 1. The summed E-state index contributed by atoms with van der Waals surface area (Å²) in [5.74, 6) is 2.13. The van der Waals surface area contributed by atoms with Gasteiger partial charge in [-0.2, -0.15) is 0 Å². The number of nitrogens with one attached hydrogen (secondary N) is 1. The summed E-state index contributed by atoms with van der Waals surface area (Å²) in [4.78, 5) is 30.2. The molecule has 4 atom stereocenters. The maximum absolute atomic E-state index is 13.4. The molecule has 3 aliphatic heterocycles. The van der Waals surface area contributed by atoms with Gasteiger partial charge in [-0.15, -0.1) is 0 Å². The summed E-state index contributed by atoms with van der Waals surface area (Å²) < 4.78 is 0. The zero-order valence-corrected chi connectivity index (χ0v) is 17.0. The fraction of sp³-hybridized carbons (Fsp3) is 0.909. The molecule has 2 amide bonds. The first-order valence-corrected chi connectivity index (χ1v) is 11.4. The van der Waals surface area contributed by atoms with E-state index in [9.17, 15) is 9.59 Å². The smallest absolute Gasteiger partial charge is 0.225 e. The fourth-order valence-corrected chi connectivity index (χ4v) is 6.62. The molecule has 0 spiro atoms. The SMILES string of the molecule is CNC(=O)CCC[C@@H]1[C@H]2CCCN3CCC[C@@H](CN1C(=O)C1CCCC1)[C@@H]23. The van der Waals surface area contributed by atoms with Crippen molar-refractivity contribution < 1.29 is 9.59 Å². The van der Waals surface area contributed by atoms with Gasteiger partial charge in [-0.25, -0.2) is 0 Å². The van der Waals surface area contributed by atoms with E-state index in [4.69, 9.17) is 0 Å². The largest absolute Gasteiger partial charge is 0.359 e. The van der Waals surface area contributed by atoms with E-state index in [2.05, 4.69) is 15.1 Å². The van der Waals surface area contributed by atoms with Crippen LogP contribution in [0.1, 0.15) is 70.6 Å². The van der Waals surface area contributed by atoms with Crippen LogP contribution in [-0.2, 0) is 9.59 Å². The molecule has 4 aliphatic rings. The molecule has 0 bridgehead atoms. The highest BCUT2D eigenvalue weighted by Crippen LogP contribution is 2.44. The standard InChI is InChI=1S/C22H37N3O2/c1-23-20(26)12-4-11-19-18-10-6-14-24-13-5-9-17(21(18)24)15-25(19)22(27)16-7-2-3-8-16/h16-19,21H,2-15H2,1H3,(H,23,26)/t17-,18+,19+,21-/m0/s1. The molecule has 0 aromatic heterocycles. The van der Waals surface area contributed by atoms with Crippen molar-refractivity contribution in [3.63, 3.8) is 0 Å². The summed E-state index contributed by atoms with van der Waals surface area (Å²) in [6, 6.07) is 1.04. The molecule has 0 unspecified atom stereocenters. The van der Waals surface area contributed by atoms with Crippen molar-refractivity contribution in [2.45, 2.75) is 82.7 Å². The first kappa shape index (κ1) is 19.2. The lowest BCUT2D eigenvalue weighted by molar-refractivity contribution is -0.150. The summed E-state index contributed by atoms with van der Waals surface area (Å²) in [6.07, 6.45) is 12.2. The van der Waals surface area contributed by atoms with E-state index in [-0.39, 0.29) is 11.8 Å². The minimum Gasteiger partial charge on any atom is -0.359 e. The minimum absolute atomic E-state index is 0.125. The van der Waals surface area contributed by atoms with Gasteiger partial charge in [-0.3, -0.25) is 14.5 Å². The predicted octanol–water partition coefficient (Wildman–Crippen LogP) is 2.79. The van der Waals surface area contributed by atoms with Gasteiger partial charge in [0, 0.05) is 38.0 Å². The Morgan fingerprint density at radius 3 is 2.48 bits per heavy atom. The van der Waals surface area contributed by atoms with Crippen LogP contribution in [-0.4, -0.2) is 60.4 Å². The van der Waals surface area contributed by atoms with Gasteiger partial charge >= 0.3 is 0 Å². The van der Waals surface area contributed by atoms with Crippen LogP contribution in [0.3, 0.4) is 0 Å². The van der Waals surface area contributed by atoms with Crippen LogP contribution in [0.25, 0.3) is 0 Å². The second kappa shape index (κ2) is 8.50. The van der Waals surface area contributed by atoms with E-state index < -0.39 is 0 Å². The quantitative estimate of drug-likeness (QED) is 0.804. The van der Waals surface area contributed by atoms with Gasteiger partial charge in [0.2, 0.25) is 11.8 Å². The molecule has 0 radical (unpaired) electrons. The maximum atomic E-state index is 13.4. The molecule has 1 aliphatic carbocycles. The topological polar surface area (TPSA) is 52.7 Å². The molecule has 3 saturated heterocycles. The number of piperidine rings is 3. The number of carbonyl (C=O) groups is 2. The molecule has 0 aromatic rings. The molecule has 4 fully saturated rings. The van der Waals surface area contributed by atoms with E-state index in [0.717, 1.165) is 32.2 Å². The molecule has 1 N–H and O–H groups in total. The van der Waals surface area contributed by atoms with Crippen molar-refractivity contribution in [2.24, 2.45) is 17.8 Å². The van der Waals surface area contributed by atoms with E-state index in [1.54, 1.807) is 7.05 Å². The van der Waals surface area contributed by atoms with Crippen molar-refractivity contribution in [2.75, 3.05) is 26.7 Å². The highest BCUT2D eigenvalue weighted by molar-refractivity contribution is 5.79. The molecule has 3 heterocycles. The number of amides is 2. The normalized spacial score (nSPS) is 34.3. The number of nitrogens with zero attached hydrogens (tertiary/aromatic N) is 2. The fourth-order valence-electron chi connectivity index (χ4n) is 6.62. The number of carbonyl (C=O) groups excluding carboxylic acids is 2. The summed E-state index contributed by atoms with van der Waals surface area (Å²) in [6.45, 7) is 3.47. The van der Waals surface area contributed by atoms with Crippen molar-refractivity contribution >= 4 is 11.8 Å². The number of rotatable bonds is 5. The van der Waals surface area contributed by atoms with Gasteiger partial charge in [0.25, 0.3) is 0 Å². The minimum atomic E-state index is 0.125. The van der Waals surface area contributed by atoms with Crippen LogP contribution in [0.4, 0.5) is 0 Å². The monoisotopic (exact) mass is 375 g/mol. The first-order valence-electron chi connectivity index (χ1n) is 11.4. The van der Waals surface area contributed by atoms with Crippen molar-refractivity contribution in [3.05, 3.63) is 0 Å². The Hall–Kier alpha value is -1.10. The zero-order chi connectivity index (χ0) is 18.8. The Kier molecular flexibility index (Phi) is 6.05. The molecule has 1 saturated carbocycles.